The lowest BCUT2D eigenvalue weighted by atomic mass is 10.1. The number of carbonyl (C=O) groups excluding carboxylic acids is 2. The van der Waals surface area contributed by atoms with Crippen molar-refractivity contribution in [3.63, 3.8) is 0 Å². The van der Waals surface area contributed by atoms with E-state index in [9.17, 15) is 14.7 Å². The first kappa shape index (κ1) is 16.6. The van der Waals surface area contributed by atoms with Gasteiger partial charge in [0.05, 0.1) is 5.57 Å². The van der Waals surface area contributed by atoms with E-state index in [1.807, 2.05) is 0 Å². The number of esters is 2. The van der Waals surface area contributed by atoms with E-state index < -0.39 is 29.2 Å². The van der Waals surface area contributed by atoms with Gasteiger partial charge in [-0.25, -0.2) is 9.59 Å². The van der Waals surface area contributed by atoms with Gasteiger partial charge in [0, 0.05) is 0 Å². The van der Waals surface area contributed by atoms with Gasteiger partial charge in [-0.15, -0.1) is 0 Å². The van der Waals surface area contributed by atoms with Crippen LogP contribution in [-0.4, -0.2) is 34.4 Å². The van der Waals surface area contributed by atoms with Gasteiger partial charge in [0.1, 0.15) is 11.2 Å². The number of hydrogen-bond donors (Lipinski definition) is 1. The molecule has 104 valence electrons. The highest BCUT2D eigenvalue weighted by atomic mass is 16.6. The van der Waals surface area contributed by atoms with Gasteiger partial charge in [-0.1, -0.05) is 6.58 Å². The molecule has 5 nitrogen and oxygen atoms in total. The Bertz CT molecular complexity index is 343. The van der Waals surface area contributed by atoms with Crippen LogP contribution >= 0.6 is 0 Å². The van der Waals surface area contributed by atoms with Crippen LogP contribution in [0.2, 0.25) is 0 Å². The summed E-state index contributed by atoms with van der Waals surface area (Å²) < 4.78 is 9.94. The SMILES string of the molecule is C=C(C(=O)OC(C)(C)C)C(O)C(=O)OC(C)(C)C. The fourth-order valence-electron chi connectivity index (χ4n) is 0.955. The summed E-state index contributed by atoms with van der Waals surface area (Å²) in [6.07, 6.45) is -1.71. The zero-order chi connectivity index (χ0) is 14.7. The van der Waals surface area contributed by atoms with Gasteiger partial charge in [0.15, 0.2) is 6.10 Å². The van der Waals surface area contributed by atoms with E-state index in [2.05, 4.69) is 6.58 Å². The lowest BCUT2D eigenvalue weighted by Gasteiger charge is -2.24. The van der Waals surface area contributed by atoms with Crippen LogP contribution in [0.4, 0.5) is 0 Å². The summed E-state index contributed by atoms with van der Waals surface area (Å²) in [5, 5.41) is 9.64. The van der Waals surface area contributed by atoms with E-state index in [0.29, 0.717) is 0 Å². The summed E-state index contributed by atoms with van der Waals surface area (Å²) in [6, 6.07) is 0. The van der Waals surface area contributed by atoms with Crippen molar-refractivity contribution in [3.8, 4) is 0 Å². The maximum Gasteiger partial charge on any atom is 0.340 e. The van der Waals surface area contributed by atoms with Crippen molar-refractivity contribution < 1.29 is 24.2 Å². The van der Waals surface area contributed by atoms with Gasteiger partial charge in [0.25, 0.3) is 0 Å². The van der Waals surface area contributed by atoms with E-state index in [-0.39, 0.29) is 5.57 Å². The summed E-state index contributed by atoms with van der Waals surface area (Å²) in [5.41, 5.74) is -1.79. The minimum atomic E-state index is -1.71. The third-order valence-electron chi connectivity index (χ3n) is 1.62. The third kappa shape index (κ3) is 6.39. The molecule has 18 heavy (non-hydrogen) atoms. The van der Waals surface area contributed by atoms with Crippen molar-refractivity contribution in [1.29, 1.82) is 0 Å². The molecule has 0 aliphatic heterocycles. The number of ether oxygens (including phenoxy) is 2. The Morgan fingerprint density at radius 1 is 1.00 bits per heavy atom. The smallest absolute Gasteiger partial charge is 0.340 e. The average Bonchev–Trinajstić information content (AvgIpc) is 2.09. The minimum absolute atomic E-state index is 0.334. The lowest BCUT2D eigenvalue weighted by molar-refractivity contribution is -0.166. The molecule has 0 heterocycles. The highest BCUT2D eigenvalue weighted by Gasteiger charge is 2.31. The zero-order valence-corrected chi connectivity index (χ0v) is 11.9. The van der Waals surface area contributed by atoms with Gasteiger partial charge in [0.2, 0.25) is 0 Å². The molecule has 0 aromatic heterocycles. The zero-order valence-electron chi connectivity index (χ0n) is 11.9. The van der Waals surface area contributed by atoms with Crippen LogP contribution in [0.5, 0.6) is 0 Å². The van der Waals surface area contributed by atoms with Gasteiger partial charge >= 0.3 is 11.9 Å². The number of aliphatic hydroxyl groups excluding tert-OH is 1. The topological polar surface area (TPSA) is 72.8 Å². The van der Waals surface area contributed by atoms with Crippen LogP contribution < -0.4 is 0 Å². The highest BCUT2D eigenvalue weighted by molar-refractivity contribution is 5.96. The van der Waals surface area contributed by atoms with Crippen molar-refractivity contribution in [2.45, 2.75) is 58.8 Å². The van der Waals surface area contributed by atoms with Crippen molar-refractivity contribution in [2.24, 2.45) is 0 Å². The van der Waals surface area contributed by atoms with Gasteiger partial charge in [-0.3, -0.25) is 0 Å². The molecule has 0 aromatic rings. The van der Waals surface area contributed by atoms with Crippen LogP contribution in [0.25, 0.3) is 0 Å². The number of carbonyl (C=O) groups is 2. The predicted molar refractivity (Wildman–Crippen MR) is 66.8 cm³/mol. The Labute approximate surface area is 108 Å². The minimum Gasteiger partial charge on any atom is -0.458 e. The first-order chi connectivity index (χ1) is 7.83. The molecule has 0 rings (SSSR count). The standard InChI is InChI=1S/C13H22O5/c1-8(10(15)17-12(2,3)4)9(14)11(16)18-13(5,6)7/h9,14H,1H2,2-7H3. The largest absolute Gasteiger partial charge is 0.458 e. The summed E-state index contributed by atoms with van der Waals surface area (Å²) in [7, 11) is 0. The normalized spacial score (nSPS) is 13.7. The predicted octanol–water partition coefficient (Wildman–Crippen LogP) is 1.59. The van der Waals surface area contributed by atoms with E-state index in [1.165, 1.54) is 0 Å². The van der Waals surface area contributed by atoms with E-state index in [0.717, 1.165) is 0 Å². The second kappa shape index (κ2) is 5.52. The molecule has 0 spiro atoms. The fourth-order valence-corrected chi connectivity index (χ4v) is 0.955. The molecule has 1 N–H and O–H groups in total. The molecule has 0 amide bonds. The quantitative estimate of drug-likeness (QED) is 0.614. The van der Waals surface area contributed by atoms with Crippen molar-refractivity contribution in [3.05, 3.63) is 12.2 Å². The van der Waals surface area contributed by atoms with Gasteiger partial charge < -0.3 is 14.6 Å². The van der Waals surface area contributed by atoms with Crippen molar-refractivity contribution in [1.82, 2.24) is 0 Å². The number of rotatable bonds is 3. The van der Waals surface area contributed by atoms with Crippen LogP contribution in [0.15, 0.2) is 12.2 Å². The van der Waals surface area contributed by atoms with E-state index in [4.69, 9.17) is 9.47 Å². The van der Waals surface area contributed by atoms with Crippen LogP contribution in [0.1, 0.15) is 41.5 Å². The maximum absolute atomic E-state index is 11.6. The summed E-state index contributed by atoms with van der Waals surface area (Å²) in [4.78, 5) is 23.1. The molecule has 0 bridgehead atoms. The Hall–Kier alpha value is -1.36. The average molecular weight is 258 g/mol. The summed E-state index contributed by atoms with van der Waals surface area (Å²) in [6.45, 7) is 13.4. The second-order valence-electron chi connectivity index (χ2n) is 5.96. The van der Waals surface area contributed by atoms with Crippen LogP contribution in [0.3, 0.4) is 0 Å². The summed E-state index contributed by atoms with van der Waals surface area (Å²) in [5.74, 6) is -1.74. The molecule has 1 atom stereocenters. The fraction of sp³-hybridized carbons (Fsp3) is 0.692. The molecule has 1 unspecified atom stereocenters. The van der Waals surface area contributed by atoms with Gasteiger partial charge in [-0.05, 0) is 41.5 Å². The lowest BCUT2D eigenvalue weighted by Crippen LogP contribution is -2.36. The van der Waals surface area contributed by atoms with Gasteiger partial charge in [-0.2, -0.15) is 0 Å². The molecule has 0 aromatic carbocycles. The Balaban J connectivity index is 4.61. The Kier molecular flexibility index (Phi) is 5.10. The van der Waals surface area contributed by atoms with Crippen LogP contribution in [-0.2, 0) is 19.1 Å². The monoisotopic (exact) mass is 258 g/mol. The highest BCUT2D eigenvalue weighted by Crippen LogP contribution is 2.15. The molecule has 0 radical (unpaired) electrons. The molecule has 0 saturated carbocycles. The summed E-state index contributed by atoms with van der Waals surface area (Å²) >= 11 is 0. The van der Waals surface area contributed by atoms with E-state index in [1.54, 1.807) is 41.5 Å². The van der Waals surface area contributed by atoms with Crippen molar-refractivity contribution in [2.75, 3.05) is 0 Å². The Morgan fingerprint density at radius 3 is 1.72 bits per heavy atom. The molecular weight excluding hydrogens is 236 g/mol. The second-order valence-corrected chi connectivity index (χ2v) is 5.96. The maximum atomic E-state index is 11.6. The van der Waals surface area contributed by atoms with Crippen LogP contribution in [0, 0.1) is 0 Å². The number of hydrogen-bond acceptors (Lipinski definition) is 5. The van der Waals surface area contributed by atoms with E-state index >= 15 is 0 Å². The number of aliphatic hydroxyl groups is 1. The molecule has 0 aliphatic carbocycles. The molecule has 0 fully saturated rings. The first-order valence-corrected chi connectivity index (χ1v) is 5.66. The molecule has 0 aliphatic rings. The molecule has 5 heteroatoms. The van der Waals surface area contributed by atoms with Crippen molar-refractivity contribution >= 4 is 11.9 Å². The molecular formula is C13H22O5. The third-order valence-corrected chi connectivity index (χ3v) is 1.62. The first-order valence-electron chi connectivity index (χ1n) is 5.66. The molecule has 0 saturated heterocycles. The Morgan fingerprint density at radius 2 is 1.39 bits per heavy atom.